The smallest absolute Gasteiger partial charge is 0.130 e. The van der Waals surface area contributed by atoms with Gasteiger partial charge in [0.2, 0.25) is 0 Å². The van der Waals surface area contributed by atoms with Gasteiger partial charge in [0, 0.05) is 5.39 Å². The van der Waals surface area contributed by atoms with Crippen molar-refractivity contribution in [3.05, 3.63) is 39.5 Å². The minimum Gasteiger partial charge on any atom is -0.507 e. The number of nitrogens with zero attached hydrogens (tertiary/aromatic N) is 1. The summed E-state index contributed by atoms with van der Waals surface area (Å²) in [5.74, 6) is 0.167. The van der Waals surface area contributed by atoms with Crippen molar-refractivity contribution in [1.29, 1.82) is 5.26 Å². The van der Waals surface area contributed by atoms with Gasteiger partial charge >= 0.3 is 0 Å². The number of phenols is 1. The van der Waals surface area contributed by atoms with Gasteiger partial charge in [-0.05, 0) is 34.0 Å². The molecule has 3 heteroatoms. The van der Waals surface area contributed by atoms with Crippen LogP contribution in [0.1, 0.15) is 5.56 Å². The molecule has 0 fully saturated rings. The Kier molecular flexibility index (Phi) is 2.30. The molecular weight excluding hydrogens is 289 g/mol. The van der Waals surface area contributed by atoms with E-state index in [4.69, 9.17) is 5.26 Å². The molecule has 2 aromatic carbocycles. The molecule has 0 spiro atoms. The van der Waals surface area contributed by atoms with E-state index in [0.29, 0.717) is 9.13 Å². The molecule has 2 nitrogen and oxygen atoms in total. The maximum atomic E-state index is 9.57. The van der Waals surface area contributed by atoms with Crippen LogP contribution in [0, 0.1) is 14.9 Å². The van der Waals surface area contributed by atoms with E-state index in [1.807, 2.05) is 46.9 Å². The number of fused-ring (bicyclic) bond motifs is 1. The van der Waals surface area contributed by atoms with Gasteiger partial charge in [0.05, 0.1) is 9.13 Å². The Balaban J connectivity index is 2.98. The van der Waals surface area contributed by atoms with Crippen molar-refractivity contribution in [3.63, 3.8) is 0 Å². The molecule has 1 N–H and O–H groups in total. The summed E-state index contributed by atoms with van der Waals surface area (Å²) < 4.78 is 0.615. The molecule has 68 valence electrons. The maximum Gasteiger partial charge on any atom is 0.130 e. The summed E-state index contributed by atoms with van der Waals surface area (Å²) in [5, 5.41) is 20.3. The van der Waals surface area contributed by atoms with Crippen LogP contribution < -0.4 is 0 Å². The molecule has 0 heterocycles. The molecule has 0 bridgehead atoms. The Bertz CT molecular complexity index is 543. The van der Waals surface area contributed by atoms with Crippen molar-refractivity contribution >= 4 is 33.4 Å². The van der Waals surface area contributed by atoms with E-state index in [2.05, 4.69) is 6.07 Å². The van der Waals surface area contributed by atoms with Crippen LogP contribution in [0.25, 0.3) is 10.8 Å². The van der Waals surface area contributed by atoms with Crippen molar-refractivity contribution in [3.8, 4) is 11.8 Å². The van der Waals surface area contributed by atoms with Crippen molar-refractivity contribution < 1.29 is 5.11 Å². The number of hydrogen-bond donors (Lipinski definition) is 1. The SMILES string of the molecule is N#Cc1c(I)c(O)cc2ccccc12. The zero-order valence-corrected chi connectivity index (χ0v) is 9.32. The van der Waals surface area contributed by atoms with E-state index in [1.165, 1.54) is 0 Å². The molecule has 0 aliphatic heterocycles. The van der Waals surface area contributed by atoms with Gasteiger partial charge in [0.25, 0.3) is 0 Å². The number of benzene rings is 2. The minimum atomic E-state index is 0.167. The van der Waals surface area contributed by atoms with Gasteiger partial charge in [-0.15, -0.1) is 0 Å². The predicted molar refractivity (Wildman–Crippen MR) is 63.0 cm³/mol. The first-order valence-corrected chi connectivity index (χ1v) is 5.12. The third-order valence-electron chi connectivity index (χ3n) is 2.08. The molecular formula is C11H6INO. The molecule has 0 amide bonds. The average Bonchev–Trinajstić information content (AvgIpc) is 2.20. The van der Waals surface area contributed by atoms with Gasteiger partial charge in [0.15, 0.2) is 0 Å². The molecule has 0 radical (unpaired) electrons. The number of phenolic OH excluding ortho intramolecular Hbond substituents is 1. The summed E-state index contributed by atoms with van der Waals surface area (Å²) in [6.07, 6.45) is 0. The topological polar surface area (TPSA) is 44.0 Å². The first-order chi connectivity index (χ1) is 6.74. The number of aromatic hydroxyl groups is 1. The first kappa shape index (κ1) is 9.28. The zero-order chi connectivity index (χ0) is 10.1. The van der Waals surface area contributed by atoms with Crippen molar-refractivity contribution in [2.75, 3.05) is 0 Å². The van der Waals surface area contributed by atoms with Crippen LogP contribution in [-0.4, -0.2) is 5.11 Å². The van der Waals surface area contributed by atoms with E-state index in [-0.39, 0.29) is 5.75 Å². The fraction of sp³-hybridized carbons (Fsp3) is 0. The molecule has 0 aliphatic carbocycles. The van der Waals surface area contributed by atoms with Crippen LogP contribution in [0.3, 0.4) is 0 Å². The van der Waals surface area contributed by atoms with Gasteiger partial charge in [-0.2, -0.15) is 5.26 Å². The Morgan fingerprint density at radius 1 is 1.29 bits per heavy atom. The van der Waals surface area contributed by atoms with Gasteiger partial charge in [0.1, 0.15) is 11.8 Å². The predicted octanol–water partition coefficient (Wildman–Crippen LogP) is 3.02. The van der Waals surface area contributed by atoms with Crippen molar-refractivity contribution in [1.82, 2.24) is 0 Å². The van der Waals surface area contributed by atoms with Gasteiger partial charge in [-0.25, -0.2) is 0 Å². The number of nitriles is 1. The van der Waals surface area contributed by atoms with Crippen LogP contribution in [0.4, 0.5) is 0 Å². The van der Waals surface area contributed by atoms with Gasteiger partial charge in [-0.1, -0.05) is 24.3 Å². The molecule has 0 atom stereocenters. The van der Waals surface area contributed by atoms with E-state index in [9.17, 15) is 5.11 Å². The van der Waals surface area contributed by atoms with Crippen LogP contribution >= 0.6 is 22.6 Å². The lowest BCUT2D eigenvalue weighted by atomic mass is 10.1. The molecule has 2 rings (SSSR count). The normalized spacial score (nSPS) is 10.0. The van der Waals surface area contributed by atoms with Crippen molar-refractivity contribution in [2.45, 2.75) is 0 Å². The summed E-state index contributed by atoms with van der Waals surface area (Å²) in [5.41, 5.74) is 0.543. The van der Waals surface area contributed by atoms with Crippen LogP contribution in [-0.2, 0) is 0 Å². The average molecular weight is 295 g/mol. The summed E-state index contributed by atoms with van der Waals surface area (Å²) in [7, 11) is 0. The molecule has 0 aliphatic rings. The second-order valence-corrected chi connectivity index (χ2v) is 4.00. The largest absolute Gasteiger partial charge is 0.507 e. The Hall–Kier alpha value is -1.28. The number of halogens is 1. The maximum absolute atomic E-state index is 9.57. The van der Waals surface area contributed by atoms with Crippen molar-refractivity contribution in [2.24, 2.45) is 0 Å². The Morgan fingerprint density at radius 3 is 2.71 bits per heavy atom. The van der Waals surface area contributed by atoms with E-state index in [1.54, 1.807) is 6.07 Å². The molecule has 0 aromatic heterocycles. The molecule has 0 unspecified atom stereocenters. The molecule has 2 aromatic rings. The third-order valence-corrected chi connectivity index (χ3v) is 3.17. The molecule has 0 saturated heterocycles. The minimum absolute atomic E-state index is 0.167. The number of hydrogen-bond acceptors (Lipinski definition) is 2. The Morgan fingerprint density at radius 2 is 2.00 bits per heavy atom. The highest BCUT2D eigenvalue weighted by atomic mass is 127. The van der Waals surface area contributed by atoms with Gasteiger partial charge in [-0.3, -0.25) is 0 Å². The molecule has 0 saturated carbocycles. The quantitative estimate of drug-likeness (QED) is 0.759. The highest BCUT2D eigenvalue weighted by Crippen LogP contribution is 2.30. The highest BCUT2D eigenvalue weighted by Gasteiger charge is 2.09. The monoisotopic (exact) mass is 295 g/mol. The summed E-state index contributed by atoms with van der Waals surface area (Å²) in [6, 6.07) is 11.3. The fourth-order valence-electron chi connectivity index (χ4n) is 1.42. The second kappa shape index (κ2) is 3.46. The lowest BCUT2D eigenvalue weighted by Gasteiger charge is -2.04. The standard InChI is InChI=1S/C11H6INO/c12-11-9(6-13)8-4-2-1-3-7(8)5-10(11)14/h1-5,14H. The lowest BCUT2D eigenvalue weighted by Crippen LogP contribution is -1.85. The van der Waals surface area contributed by atoms with E-state index >= 15 is 0 Å². The fourth-order valence-corrected chi connectivity index (χ4v) is 1.98. The van der Waals surface area contributed by atoms with E-state index < -0.39 is 0 Å². The van der Waals surface area contributed by atoms with Gasteiger partial charge < -0.3 is 5.11 Å². The summed E-state index contributed by atoms with van der Waals surface area (Å²) in [6.45, 7) is 0. The zero-order valence-electron chi connectivity index (χ0n) is 7.16. The highest BCUT2D eigenvalue weighted by molar-refractivity contribution is 14.1. The third kappa shape index (κ3) is 1.32. The summed E-state index contributed by atoms with van der Waals surface area (Å²) in [4.78, 5) is 0. The van der Waals surface area contributed by atoms with E-state index in [0.717, 1.165) is 10.8 Å². The van der Waals surface area contributed by atoms with Crippen LogP contribution in [0.15, 0.2) is 30.3 Å². The molecule has 14 heavy (non-hydrogen) atoms. The first-order valence-electron chi connectivity index (χ1n) is 4.04. The second-order valence-electron chi connectivity index (χ2n) is 2.92. The summed E-state index contributed by atoms with van der Waals surface area (Å²) >= 11 is 1.98. The van der Waals surface area contributed by atoms with Crippen LogP contribution in [0.2, 0.25) is 0 Å². The lowest BCUT2D eigenvalue weighted by molar-refractivity contribution is 0.472. The van der Waals surface area contributed by atoms with Crippen LogP contribution in [0.5, 0.6) is 5.75 Å². The Labute approximate surface area is 94.9 Å². The number of rotatable bonds is 0.